The number of hydrogen-bond donors (Lipinski definition) is 1. The maximum atomic E-state index is 10.8. The highest BCUT2D eigenvalue weighted by Crippen LogP contribution is 2.33. The number of ether oxygens (including phenoxy) is 1. The minimum Gasteiger partial charge on any atom is -0.352 e. The van der Waals surface area contributed by atoms with E-state index in [2.05, 4.69) is 9.17 Å². The molecule has 2 aromatic rings. The van der Waals surface area contributed by atoms with Crippen molar-refractivity contribution in [3.63, 3.8) is 0 Å². The average molecular weight is 332 g/mol. The smallest absolute Gasteiger partial charge is 0.333 e. The number of nitrogens with two attached hydrogens (primary N) is 1. The highest BCUT2D eigenvalue weighted by Gasteiger charge is 2.28. The Morgan fingerprint density at radius 2 is 2.29 bits per heavy atom. The Balaban J connectivity index is 1.75. The number of fused-ring (bicyclic) bond motifs is 1. The molecule has 3 rings (SSSR count). The van der Waals surface area contributed by atoms with Crippen molar-refractivity contribution >= 4 is 32.8 Å². The lowest BCUT2D eigenvalue weighted by molar-refractivity contribution is -0.0143. The lowest BCUT2D eigenvalue weighted by Crippen LogP contribution is -2.23. The maximum absolute atomic E-state index is 10.8. The van der Waals surface area contributed by atoms with Gasteiger partial charge >= 0.3 is 10.3 Å². The van der Waals surface area contributed by atoms with Gasteiger partial charge in [0.25, 0.3) is 0 Å². The number of nitrogens with zero attached hydrogens (tertiary/aromatic N) is 2. The fourth-order valence-corrected chi connectivity index (χ4v) is 3.05. The van der Waals surface area contributed by atoms with Gasteiger partial charge in [-0.3, -0.25) is 4.18 Å². The predicted molar refractivity (Wildman–Crippen MR) is 76.9 cm³/mol. The number of aromatic nitrogens is 2. The summed E-state index contributed by atoms with van der Waals surface area (Å²) < 4.78 is 33.9. The second kappa shape index (κ2) is 5.54. The summed E-state index contributed by atoms with van der Waals surface area (Å²) in [5.41, 5.74) is 0.924. The highest BCUT2D eigenvalue weighted by atomic mass is 35.5. The van der Waals surface area contributed by atoms with Gasteiger partial charge in [-0.15, -0.1) is 0 Å². The molecule has 9 heteroatoms. The molecule has 1 fully saturated rings. The molecule has 0 aromatic carbocycles. The van der Waals surface area contributed by atoms with Crippen LogP contribution in [0.15, 0.2) is 24.5 Å². The minimum absolute atomic E-state index is 0.0726. The van der Waals surface area contributed by atoms with E-state index in [-0.39, 0.29) is 18.9 Å². The SMILES string of the molecule is NS(=O)(=O)OC[C@@H]1CC[C@H](n2ccc3c(Cl)nccc32)O1. The van der Waals surface area contributed by atoms with E-state index in [1.54, 1.807) is 6.20 Å². The summed E-state index contributed by atoms with van der Waals surface area (Å²) in [6.07, 6.45) is 4.48. The molecule has 7 nitrogen and oxygen atoms in total. The lowest BCUT2D eigenvalue weighted by Gasteiger charge is -2.16. The number of halogens is 1. The molecule has 0 aliphatic carbocycles. The summed E-state index contributed by atoms with van der Waals surface area (Å²) in [6, 6.07) is 3.74. The molecule has 0 bridgehead atoms. The van der Waals surface area contributed by atoms with E-state index in [0.717, 1.165) is 17.3 Å². The molecule has 2 atom stereocenters. The Kier molecular flexibility index (Phi) is 3.89. The van der Waals surface area contributed by atoms with Crippen LogP contribution in [0.1, 0.15) is 19.1 Å². The van der Waals surface area contributed by atoms with Crippen molar-refractivity contribution in [3.05, 3.63) is 29.7 Å². The van der Waals surface area contributed by atoms with Gasteiger partial charge in [0, 0.05) is 17.8 Å². The van der Waals surface area contributed by atoms with Crippen LogP contribution >= 0.6 is 11.6 Å². The van der Waals surface area contributed by atoms with Crippen molar-refractivity contribution in [2.45, 2.75) is 25.2 Å². The topological polar surface area (TPSA) is 96.4 Å². The normalized spacial score (nSPS) is 23.0. The number of pyridine rings is 1. The molecular formula is C12H14ClN3O4S. The van der Waals surface area contributed by atoms with Gasteiger partial charge in [-0.2, -0.15) is 8.42 Å². The van der Waals surface area contributed by atoms with Crippen molar-refractivity contribution in [2.24, 2.45) is 5.14 Å². The zero-order chi connectivity index (χ0) is 15.0. The summed E-state index contributed by atoms with van der Waals surface area (Å²) in [7, 11) is -3.94. The Hall–Kier alpha value is -1.19. The van der Waals surface area contributed by atoms with Gasteiger partial charge in [-0.25, -0.2) is 10.1 Å². The van der Waals surface area contributed by atoms with Crippen LogP contribution in [0.25, 0.3) is 10.9 Å². The minimum atomic E-state index is -3.94. The molecule has 0 radical (unpaired) electrons. The van der Waals surface area contributed by atoms with Gasteiger partial charge in [-0.05, 0) is 25.0 Å². The molecule has 0 spiro atoms. The molecule has 3 heterocycles. The van der Waals surface area contributed by atoms with Gasteiger partial charge in [0.05, 0.1) is 18.2 Å². The molecule has 0 unspecified atom stereocenters. The van der Waals surface area contributed by atoms with E-state index in [0.29, 0.717) is 11.6 Å². The van der Waals surface area contributed by atoms with E-state index in [1.165, 1.54) is 0 Å². The van der Waals surface area contributed by atoms with Crippen molar-refractivity contribution in [2.75, 3.05) is 6.61 Å². The second-order valence-electron chi connectivity index (χ2n) is 4.82. The second-order valence-corrected chi connectivity index (χ2v) is 6.40. The Labute approximate surface area is 126 Å². The van der Waals surface area contributed by atoms with Crippen LogP contribution < -0.4 is 5.14 Å². The molecular weight excluding hydrogens is 318 g/mol. The van der Waals surface area contributed by atoms with Gasteiger partial charge < -0.3 is 9.30 Å². The summed E-state index contributed by atoms with van der Waals surface area (Å²) in [5, 5.41) is 6.10. The zero-order valence-electron chi connectivity index (χ0n) is 11.0. The van der Waals surface area contributed by atoms with Crippen LogP contribution in [0.5, 0.6) is 0 Å². The van der Waals surface area contributed by atoms with Crippen LogP contribution in [-0.4, -0.2) is 30.7 Å². The number of hydrogen-bond acceptors (Lipinski definition) is 5. The first-order valence-electron chi connectivity index (χ1n) is 6.38. The van der Waals surface area contributed by atoms with E-state index in [1.807, 2.05) is 22.9 Å². The third kappa shape index (κ3) is 3.19. The van der Waals surface area contributed by atoms with Gasteiger partial charge in [0.2, 0.25) is 0 Å². The first-order valence-corrected chi connectivity index (χ1v) is 8.22. The lowest BCUT2D eigenvalue weighted by atomic mass is 10.2. The summed E-state index contributed by atoms with van der Waals surface area (Å²) in [6.45, 7) is -0.0726. The van der Waals surface area contributed by atoms with E-state index >= 15 is 0 Å². The van der Waals surface area contributed by atoms with E-state index in [4.69, 9.17) is 21.5 Å². The third-order valence-electron chi connectivity index (χ3n) is 3.41. The zero-order valence-corrected chi connectivity index (χ0v) is 12.5. The number of rotatable bonds is 4. The van der Waals surface area contributed by atoms with Crippen molar-refractivity contribution < 1.29 is 17.3 Å². The van der Waals surface area contributed by atoms with Crippen LogP contribution in [0.4, 0.5) is 0 Å². The van der Waals surface area contributed by atoms with Crippen molar-refractivity contribution in [1.82, 2.24) is 9.55 Å². The molecule has 0 amide bonds. The first kappa shape index (κ1) is 14.7. The van der Waals surface area contributed by atoms with Gasteiger partial charge in [0.15, 0.2) is 0 Å². The fourth-order valence-electron chi connectivity index (χ4n) is 2.49. The molecule has 1 aliphatic rings. The van der Waals surface area contributed by atoms with Gasteiger partial charge in [-0.1, -0.05) is 11.6 Å². The first-order chi connectivity index (χ1) is 9.94. The maximum Gasteiger partial charge on any atom is 0.333 e. The van der Waals surface area contributed by atoms with Crippen LogP contribution in [-0.2, 0) is 19.2 Å². The fraction of sp³-hybridized carbons (Fsp3) is 0.417. The molecule has 2 aromatic heterocycles. The molecule has 21 heavy (non-hydrogen) atoms. The van der Waals surface area contributed by atoms with E-state index < -0.39 is 10.3 Å². The molecule has 114 valence electrons. The third-order valence-corrected chi connectivity index (χ3v) is 4.18. The van der Waals surface area contributed by atoms with Crippen molar-refractivity contribution in [3.8, 4) is 0 Å². The van der Waals surface area contributed by atoms with Crippen LogP contribution in [0.2, 0.25) is 5.15 Å². The van der Waals surface area contributed by atoms with Crippen LogP contribution in [0, 0.1) is 0 Å². The molecule has 2 N–H and O–H groups in total. The molecule has 0 saturated carbocycles. The average Bonchev–Trinajstić information content (AvgIpc) is 3.02. The van der Waals surface area contributed by atoms with Crippen molar-refractivity contribution in [1.29, 1.82) is 0 Å². The quantitative estimate of drug-likeness (QED) is 0.858. The summed E-state index contributed by atoms with van der Waals surface area (Å²) in [4.78, 5) is 4.03. The largest absolute Gasteiger partial charge is 0.352 e. The molecule has 1 aliphatic heterocycles. The monoisotopic (exact) mass is 331 g/mol. The predicted octanol–water partition coefficient (Wildman–Crippen LogP) is 1.59. The summed E-state index contributed by atoms with van der Waals surface area (Å²) >= 11 is 6.04. The Morgan fingerprint density at radius 1 is 1.48 bits per heavy atom. The highest BCUT2D eigenvalue weighted by molar-refractivity contribution is 7.84. The van der Waals surface area contributed by atoms with E-state index in [9.17, 15) is 8.42 Å². The van der Waals surface area contributed by atoms with Gasteiger partial charge in [0.1, 0.15) is 11.4 Å². The van der Waals surface area contributed by atoms with Crippen LogP contribution in [0.3, 0.4) is 0 Å². The molecule has 1 saturated heterocycles. The Morgan fingerprint density at radius 3 is 3.05 bits per heavy atom. The Bertz CT molecular complexity index is 761. The standard InChI is InChI=1S/C12H14ClN3O4S/c13-12-9-4-6-16(10(9)3-5-15-12)11-2-1-8(20-11)7-19-21(14,17)18/h3-6,8,11H,1-2,7H2,(H2,14,17,18)/t8-,11+/m0/s1. The summed E-state index contributed by atoms with van der Waals surface area (Å²) in [5.74, 6) is 0.